The molecule has 0 aromatic rings. The summed E-state index contributed by atoms with van der Waals surface area (Å²) in [6.07, 6.45) is 27.8. The predicted molar refractivity (Wildman–Crippen MR) is 250 cm³/mol. The molecular formula is C47H84O16P2. The van der Waals surface area contributed by atoms with Crippen LogP contribution < -0.4 is 0 Å². The number of allylic oxidation sites excluding steroid dienone is 8. The fourth-order valence-corrected chi connectivity index (χ4v) is 8.67. The zero-order valence-corrected chi connectivity index (χ0v) is 40.9. The van der Waals surface area contributed by atoms with Crippen molar-refractivity contribution in [1.29, 1.82) is 0 Å². The summed E-state index contributed by atoms with van der Waals surface area (Å²) >= 11 is 0. The van der Waals surface area contributed by atoms with E-state index in [2.05, 4.69) is 67.0 Å². The molecule has 0 amide bonds. The van der Waals surface area contributed by atoms with Crippen LogP contribution in [0, 0.1) is 0 Å². The summed E-state index contributed by atoms with van der Waals surface area (Å²) in [5.41, 5.74) is 0. The lowest BCUT2D eigenvalue weighted by atomic mass is 9.85. The van der Waals surface area contributed by atoms with Gasteiger partial charge < -0.3 is 44.6 Å². The summed E-state index contributed by atoms with van der Waals surface area (Å²) in [5.74, 6) is -1.24. The zero-order chi connectivity index (χ0) is 48.2. The molecule has 1 aliphatic carbocycles. The van der Waals surface area contributed by atoms with E-state index < -0.39 is 83.5 Å². The average molecular weight is 967 g/mol. The number of aliphatic hydroxyl groups excluding tert-OH is 4. The molecule has 8 unspecified atom stereocenters. The van der Waals surface area contributed by atoms with Crippen LogP contribution in [0.1, 0.15) is 181 Å². The number of carbonyl (C=O) groups excluding carboxylic acids is 2. The van der Waals surface area contributed by atoms with Gasteiger partial charge in [0, 0.05) is 12.8 Å². The van der Waals surface area contributed by atoms with Gasteiger partial charge in [-0.05, 0) is 57.8 Å². The maximum Gasteiger partial charge on any atom is 0.472 e. The topological polar surface area (TPSA) is 256 Å². The Kier molecular flexibility index (Phi) is 35.5. The van der Waals surface area contributed by atoms with Crippen LogP contribution in [0.2, 0.25) is 0 Å². The molecule has 0 bridgehead atoms. The first-order chi connectivity index (χ1) is 31.1. The molecule has 0 radical (unpaired) electrons. The Morgan fingerprint density at radius 2 is 0.892 bits per heavy atom. The van der Waals surface area contributed by atoms with Crippen molar-refractivity contribution < 1.29 is 76.9 Å². The van der Waals surface area contributed by atoms with Gasteiger partial charge in [-0.1, -0.05) is 159 Å². The van der Waals surface area contributed by atoms with Crippen LogP contribution in [-0.4, -0.2) is 103 Å². The lowest BCUT2D eigenvalue weighted by Crippen LogP contribution is -2.64. The van der Waals surface area contributed by atoms with E-state index in [1.54, 1.807) is 0 Å². The van der Waals surface area contributed by atoms with Crippen LogP contribution in [0.25, 0.3) is 0 Å². The highest BCUT2D eigenvalue weighted by molar-refractivity contribution is 7.47. The first-order valence-corrected chi connectivity index (χ1v) is 27.2. The Balaban J connectivity index is 2.59. The van der Waals surface area contributed by atoms with Gasteiger partial charge >= 0.3 is 27.6 Å². The monoisotopic (exact) mass is 967 g/mol. The molecule has 1 rings (SSSR count). The molecule has 65 heavy (non-hydrogen) atoms. The molecule has 1 fully saturated rings. The summed E-state index contributed by atoms with van der Waals surface area (Å²) in [5, 5.41) is 41.2. The second-order valence-electron chi connectivity index (χ2n) is 16.8. The number of phosphoric acid groups is 2. The Hall–Kier alpha value is -2.04. The number of hydrogen-bond acceptors (Lipinski definition) is 13. The van der Waals surface area contributed by atoms with Gasteiger partial charge in [-0.3, -0.25) is 23.2 Å². The third-order valence-corrected chi connectivity index (χ3v) is 12.4. The Labute approximate surface area is 388 Å². The Morgan fingerprint density at radius 3 is 1.38 bits per heavy atom. The number of esters is 2. The van der Waals surface area contributed by atoms with Crippen LogP contribution in [-0.2, 0) is 41.8 Å². The first-order valence-electron chi connectivity index (χ1n) is 24.2. The summed E-state index contributed by atoms with van der Waals surface area (Å²) in [6, 6.07) is 0. The number of unbranched alkanes of at least 4 members (excludes halogenated alkanes) is 18. The second-order valence-corrected chi connectivity index (χ2v) is 19.4. The van der Waals surface area contributed by atoms with Crippen molar-refractivity contribution in [1.82, 2.24) is 0 Å². The van der Waals surface area contributed by atoms with Crippen molar-refractivity contribution in [2.45, 2.75) is 224 Å². The van der Waals surface area contributed by atoms with Crippen molar-refractivity contribution in [2.75, 3.05) is 13.2 Å². The third kappa shape index (κ3) is 32.4. The molecule has 7 N–H and O–H groups in total. The number of phosphoric ester groups is 2. The number of carbonyl (C=O) groups is 2. The summed E-state index contributed by atoms with van der Waals surface area (Å²) < 4.78 is 49.3. The van der Waals surface area contributed by atoms with Gasteiger partial charge in [0.1, 0.15) is 43.2 Å². The van der Waals surface area contributed by atoms with Crippen molar-refractivity contribution in [2.24, 2.45) is 0 Å². The van der Waals surface area contributed by atoms with Gasteiger partial charge in [-0.25, -0.2) is 9.13 Å². The van der Waals surface area contributed by atoms with E-state index >= 15 is 0 Å². The van der Waals surface area contributed by atoms with E-state index in [0.717, 1.165) is 70.6 Å². The average Bonchev–Trinajstić information content (AvgIpc) is 3.26. The molecule has 18 heteroatoms. The largest absolute Gasteiger partial charge is 0.472 e. The molecule has 8 atom stereocenters. The van der Waals surface area contributed by atoms with Crippen molar-refractivity contribution in [3.05, 3.63) is 48.6 Å². The number of hydrogen-bond donors (Lipinski definition) is 7. The fourth-order valence-electron chi connectivity index (χ4n) is 7.13. The minimum Gasteiger partial charge on any atom is -0.462 e. The maximum atomic E-state index is 13.0. The Morgan fingerprint density at radius 1 is 0.492 bits per heavy atom. The van der Waals surface area contributed by atoms with Gasteiger partial charge in [-0.15, -0.1) is 0 Å². The van der Waals surface area contributed by atoms with Gasteiger partial charge in [0.25, 0.3) is 0 Å². The minimum absolute atomic E-state index is 0.0383. The number of aliphatic hydroxyl groups is 4. The van der Waals surface area contributed by atoms with E-state index in [0.29, 0.717) is 12.8 Å². The van der Waals surface area contributed by atoms with Gasteiger partial charge in [0.2, 0.25) is 0 Å². The van der Waals surface area contributed by atoms with Crippen molar-refractivity contribution in [3.63, 3.8) is 0 Å². The van der Waals surface area contributed by atoms with E-state index in [9.17, 15) is 53.8 Å². The molecule has 1 saturated carbocycles. The van der Waals surface area contributed by atoms with E-state index in [1.165, 1.54) is 70.6 Å². The maximum absolute atomic E-state index is 13.0. The summed E-state index contributed by atoms with van der Waals surface area (Å²) in [4.78, 5) is 54.3. The lowest BCUT2D eigenvalue weighted by molar-refractivity contribution is -0.216. The highest BCUT2D eigenvalue weighted by Gasteiger charge is 2.54. The third-order valence-electron chi connectivity index (χ3n) is 10.9. The van der Waals surface area contributed by atoms with Gasteiger partial charge in [0.15, 0.2) is 6.10 Å². The van der Waals surface area contributed by atoms with Crippen LogP contribution in [0.15, 0.2) is 48.6 Å². The van der Waals surface area contributed by atoms with E-state index in [4.69, 9.17) is 18.5 Å². The highest BCUT2D eigenvalue weighted by Crippen LogP contribution is 2.49. The minimum atomic E-state index is -5.37. The molecule has 0 heterocycles. The van der Waals surface area contributed by atoms with Crippen LogP contribution >= 0.6 is 15.6 Å². The second kappa shape index (κ2) is 37.9. The molecule has 0 aromatic heterocycles. The van der Waals surface area contributed by atoms with E-state index in [1.807, 2.05) is 0 Å². The van der Waals surface area contributed by atoms with Crippen molar-refractivity contribution >= 4 is 27.6 Å². The van der Waals surface area contributed by atoms with Crippen molar-refractivity contribution in [3.8, 4) is 0 Å². The smallest absolute Gasteiger partial charge is 0.462 e. The highest BCUT2D eigenvalue weighted by atomic mass is 31.2. The number of rotatable bonds is 40. The normalized spacial score (nSPS) is 22.0. The zero-order valence-electron chi connectivity index (χ0n) is 39.2. The number of ether oxygens (including phenoxy) is 2. The van der Waals surface area contributed by atoms with Gasteiger partial charge in [0.05, 0.1) is 6.61 Å². The molecule has 0 aromatic carbocycles. The van der Waals surface area contributed by atoms with E-state index in [-0.39, 0.29) is 12.8 Å². The quantitative estimate of drug-likeness (QED) is 0.0131. The molecule has 378 valence electrons. The molecule has 0 aliphatic heterocycles. The summed E-state index contributed by atoms with van der Waals surface area (Å²) in [6.45, 7) is 3.05. The fraction of sp³-hybridized carbons (Fsp3) is 0.787. The standard InChI is InChI=1S/C47H84O16P2/c1-3-5-7-9-11-13-15-17-18-19-20-21-22-24-25-27-29-31-33-35-40(48)59-37-39(61-41(49)36-34-32-30-28-26-23-16-14-12-10-8-6-4-2)38-60-65(57,58)63-47-44(52)42(50)43(51)46(45(47)53)62-64(54,55)56/h11,13,17-18,20-21,24-25,39,42-47,50-53H,3-10,12,14-16,19,22-23,26-38H2,1-2H3,(H,57,58)(H2,54,55,56). The van der Waals surface area contributed by atoms with Gasteiger partial charge in [-0.2, -0.15) is 0 Å². The van der Waals surface area contributed by atoms with Crippen LogP contribution in [0.5, 0.6) is 0 Å². The Bertz CT molecular complexity index is 1450. The van der Waals surface area contributed by atoms with Crippen LogP contribution in [0.4, 0.5) is 0 Å². The predicted octanol–water partition coefficient (Wildman–Crippen LogP) is 9.29. The first kappa shape index (κ1) is 61.0. The molecule has 1 aliphatic rings. The van der Waals surface area contributed by atoms with Crippen LogP contribution in [0.3, 0.4) is 0 Å². The molecule has 0 saturated heterocycles. The molecular weight excluding hydrogens is 882 g/mol. The summed E-state index contributed by atoms with van der Waals surface area (Å²) in [7, 11) is -10.7. The molecule has 0 spiro atoms. The lowest BCUT2D eigenvalue weighted by Gasteiger charge is -2.43. The SMILES string of the molecule is CCCCCC=CCC=CCC=CCC=CCCCCCC(=O)OCC(COP(=O)(O)OC1C(O)C(O)C(O)C(OP(=O)(O)O)C1O)OC(=O)CCCCCCCCCCCCCCC. The molecule has 16 nitrogen and oxygen atoms in total.